The zero-order valence-electron chi connectivity index (χ0n) is 16.6. The number of likely N-dealkylation sites (N-methyl/N-ethyl adjacent to an activating group) is 1. The third-order valence-corrected chi connectivity index (χ3v) is 5.55. The number of amides is 1. The van der Waals surface area contributed by atoms with Crippen LogP contribution in [0.1, 0.15) is 27.4 Å². The molecule has 1 fully saturated rings. The van der Waals surface area contributed by atoms with Gasteiger partial charge in [0.05, 0.1) is 6.54 Å². The Bertz CT molecular complexity index is 951. The van der Waals surface area contributed by atoms with Crippen molar-refractivity contribution in [2.75, 3.05) is 39.8 Å². The van der Waals surface area contributed by atoms with Crippen molar-refractivity contribution in [3.63, 3.8) is 0 Å². The zero-order valence-corrected chi connectivity index (χ0v) is 16.6. The Morgan fingerprint density at radius 2 is 2.00 bits per heavy atom. The monoisotopic (exact) mass is 380 g/mol. The molecule has 0 spiro atoms. The molecule has 1 saturated heterocycles. The van der Waals surface area contributed by atoms with Gasteiger partial charge in [-0.15, -0.1) is 0 Å². The van der Waals surface area contributed by atoms with Crippen LogP contribution in [0, 0.1) is 6.92 Å². The predicted molar refractivity (Wildman–Crippen MR) is 111 cm³/mol. The molecule has 0 radical (unpaired) electrons. The van der Waals surface area contributed by atoms with Crippen molar-refractivity contribution in [2.24, 2.45) is 0 Å². The number of H-pyrrole nitrogens is 1. The number of rotatable bonds is 6. The van der Waals surface area contributed by atoms with Crippen molar-refractivity contribution in [3.05, 3.63) is 59.2 Å². The molecule has 148 valence electrons. The number of furan rings is 1. The van der Waals surface area contributed by atoms with Crippen LogP contribution >= 0.6 is 0 Å². The zero-order chi connectivity index (χ0) is 19.5. The molecule has 0 saturated carbocycles. The first-order valence-electron chi connectivity index (χ1n) is 9.93. The van der Waals surface area contributed by atoms with Crippen LogP contribution in [0.5, 0.6) is 0 Å². The van der Waals surface area contributed by atoms with Gasteiger partial charge in [-0.05, 0) is 43.7 Å². The molecule has 4 rings (SSSR count). The standard InChI is InChI=1S/C22H28N4O2/c1-16-4-3-5-19-17(14-24-21(16)19)8-9-23-22(27)20-7-6-18(28-20)15-26-12-10-25(2)11-13-26/h3-7,14,24H,8-13,15H2,1-2H3,(H,23,27). The molecule has 2 aromatic heterocycles. The van der Waals surface area contributed by atoms with Gasteiger partial charge in [-0.2, -0.15) is 0 Å². The minimum atomic E-state index is -0.152. The molecule has 0 aliphatic carbocycles. The summed E-state index contributed by atoms with van der Waals surface area (Å²) in [7, 11) is 2.14. The topological polar surface area (TPSA) is 64.5 Å². The molecular formula is C22H28N4O2. The molecule has 3 heterocycles. The van der Waals surface area contributed by atoms with Crippen molar-refractivity contribution in [1.29, 1.82) is 0 Å². The summed E-state index contributed by atoms with van der Waals surface area (Å²) >= 11 is 0. The average molecular weight is 380 g/mol. The Labute approximate surface area is 165 Å². The molecule has 1 aliphatic heterocycles. The second-order valence-corrected chi connectivity index (χ2v) is 7.66. The van der Waals surface area contributed by atoms with E-state index in [-0.39, 0.29) is 5.91 Å². The van der Waals surface area contributed by atoms with Gasteiger partial charge >= 0.3 is 0 Å². The van der Waals surface area contributed by atoms with Gasteiger partial charge in [-0.3, -0.25) is 9.69 Å². The van der Waals surface area contributed by atoms with Gasteiger partial charge in [0.1, 0.15) is 5.76 Å². The van der Waals surface area contributed by atoms with E-state index in [4.69, 9.17) is 4.42 Å². The number of para-hydroxylation sites is 1. The number of fused-ring (bicyclic) bond motifs is 1. The fourth-order valence-corrected chi connectivity index (χ4v) is 3.78. The summed E-state index contributed by atoms with van der Waals surface area (Å²) in [5.41, 5.74) is 3.62. The SMILES string of the molecule is Cc1cccc2c(CCNC(=O)c3ccc(CN4CCN(C)CC4)o3)c[nH]c12. The molecule has 0 bridgehead atoms. The molecule has 28 heavy (non-hydrogen) atoms. The van der Waals surface area contributed by atoms with Gasteiger partial charge < -0.3 is 19.6 Å². The number of piperazine rings is 1. The van der Waals surface area contributed by atoms with Crippen molar-refractivity contribution in [1.82, 2.24) is 20.1 Å². The molecular weight excluding hydrogens is 352 g/mol. The van der Waals surface area contributed by atoms with Crippen LogP contribution in [-0.2, 0) is 13.0 Å². The number of aryl methyl sites for hydroxylation is 1. The highest BCUT2D eigenvalue weighted by atomic mass is 16.4. The normalized spacial score (nSPS) is 15.9. The summed E-state index contributed by atoms with van der Waals surface area (Å²) in [6.45, 7) is 7.64. The summed E-state index contributed by atoms with van der Waals surface area (Å²) in [5.74, 6) is 1.08. The molecule has 6 nitrogen and oxygen atoms in total. The number of aromatic amines is 1. The van der Waals surface area contributed by atoms with Gasteiger partial charge in [-0.25, -0.2) is 0 Å². The molecule has 6 heteroatoms. The average Bonchev–Trinajstić information content (AvgIpc) is 3.32. The molecule has 2 N–H and O–H groups in total. The Hall–Kier alpha value is -2.57. The lowest BCUT2D eigenvalue weighted by Gasteiger charge is -2.31. The van der Waals surface area contributed by atoms with E-state index in [1.165, 1.54) is 22.0 Å². The lowest BCUT2D eigenvalue weighted by atomic mass is 10.1. The van der Waals surface area contributed by atoms with E-state index in [1.807, 2.05) is 12.3 Å². The summed E-state index contributed by atoms with van der Waals surface area (Å²) in [6, 6.07) is 9.97. The second-order valence-electron chi connectivity index (χ2n) is 7.66. The van der Waals surface area contributed by atoms with E-state index in [9.17, 15) is 4.79 Å². The third kappa shape index (κ3) is 4.13. The van der Waals surface area contributed by atoms with Crippen molar-refractivity contribution in [3.8, 4) is 0 Å². The quantitative estimate of drug-likeness (QED) is 0.690. The maximum atomic E-state index is 12.4. The molecule has 0 atom stereocenters. The minimum absolute atomic E-state index is 0.152. The van der Waals surface area contributed by atoms with Crippen LogP contribution in [0.25, 0.3) is 10.9 Å². The van der Waals surface area contributed by atoms with E-state index < -0.39 is 0 Å². The van der Waals surface area contributed by atoms with E-state index in [1.54, 1.807) is 6.07 Å². The number of hydrogen-bond donors (Lipinski definition) is 2. The lowest BCUT2D eigenvalue weighted by Crippen LogP contribution is -2.43. The highest BCUT2D eigenvalue weighted by Gasteiger charge is 2.17. The third-order valence-electron chi connectivity index (χ3n) is 5.55. The van der Waals surface area contributed by atoms with E-state index >= 15 is 0 Å². The van der Waals surface area contributed by atoms with Crippen LogP contribution in [0.15, 0.2) is 40.9 Å². The predicted octanol–water partition coefficient (Wildman–Crippen LogP) is 2.79. The second kappa shape index (κ2) is 8.20. The fraction of sp³-hybridized carbons (Fsp3) is 0.409. The maximum Gasteiger partial charge on any atom is 0.287 e. The molecule has 1 amide bonds. The molecule has 3 aromatic rings. The number of carbonyl (C=O) groups is 1. The number of nitrogens with zero attached hydrogens (tertiary/aromatic N) is 2. The molecule has 1 aliphatic rings. The summed E-state index contributed by atoms with van der Waals surface area (Å²) in [4.78, 5) is 20.4. The largest absolute Gasteiger partial charge is 0.455 e. The van der Waals surface area contributed by atoms with Crippen LogP contribution in [0.4, 0.5) is 0 Å². The number of nitrogens with one attached hydrogen (secondary N) is 2. The summed E-state index contributed by atoms with van der Waals surface area (Å²) in [5, 5.41) is 4.20. The van der Waals surface area contributed by atoms with Gasteiger partial charge in [0.15, 0.2) is 5.76 Å². The van der Waals surface area contributed by atoms with Crippen LogP contribution < -0.4 is 5.32 Å². The number of benzene rings is 1. The Morgan fingerprint density at radius 1 is 1.18 bits per heavy atom. The minimum Gasteiger partial charge on any atom is -0.455 e. The van der Waals surface area contributed by atoms with E-state index in [0.717, 1.165) is 44.9 Å². The maximum absolute atomic E-state index is 12.4. The first-order chi connectivity index (χ1) is 13.6. The van der Waals surface area contributed by atoms with Gasteiger partial charge in [0, 0.05) is 49.8 Å². The highest BCUT2D eigenvalue weighted by Crippen LogP contribution is 2.21. The Morgan fingerprint density at radius 3 is 2.82 bits per heavy atom. The lowest BCUT2D eigenvalue weighted by molar-refractivity contribution is 0.0919. The smallest absolute Gasteiger partial charge is 0.287 e. The van der Waals surface area contributed by atoms with Gasteiger partial charge in [0.25, 0.3) is 5.91 Å². The highest BCUT2D eigenvalue weighted by molar-refractivity contribution is 5.91. The number of aromatic nitrogens is 1. The van der Waals surface area contributed by atoms with Crippen molar-refractivity contribution in [2.45, 2.75) is 19.9 Å². The van der Waals surface area contributed by atoms with E-state index in [2.05, 4.69) is 52.3 Å². The van der Waals surface area contributed by atoms with Crippen molar-refractivity contribution >= 4 is 16.8 Å². The first kappa shape index (κ1) is 18.8. The van der Waals surface area contributed by atoms with E-state index in [0.29, 0.717) is 12.3 Å². The molecule has 1 aromatic carbocycles. The van der Waals surface area contributed by atoms with Crippen LogP contribution in [0.2, 0.25) is 0 Å². The Kier molecular flexibility index (Phi) is 5.50. The van der Waals surface area contributed by atoms with Crippen LogP contribution in [-0.4, -0.2) is 60.5 Å². The van der Waals surface area contributed by atoms with Gasteiger partial charge in [-0.1, -0.05) is 18.2 Å². The van der Waals surface area contributed by atoms with Crippen LogP contribution in [0.3, 0.4) is 0 Å². The fourth-order valence-electron chi connectivity index (χ4n) is 3.78. The number of hydrogen-bond acceptors (Lipinski definition) is 4. The Balaban J connectivity index is 1.29. The first-order valence-corrected chi connectivity index (χ1v) is 9.93. The molecule has 0 unspecified atom stereocenters. The summed E-state index contributed by atoms with van der Waals surface area (Å²) < 4.78 is 5.78. The number of carbonyl (C=O) groups excluding carboxylic acids is 1. The van der Waals surface area contributed by atoms with Crippen molar-refractivity contribution < 1.29 is 9.21 Å². The van der Waals surface area contributed by atoms with Gasteiger partial charge in [0.2, 0.25) is 0 Å². The summed E-state index contributed by atoms with van der Waals surface area (Å²) in [6.07, 6.45) is 2.81.